The Morgan fingerprint density at radius 3 is 2.11 bits per heavy atom. The molecule has 37 heavy (non-hydrogen) atoms. The zero-order valence-corrected chi connectivity index (χ0v) is 21.3. The Balaban J connectivity index is 1.28. The second-order valence-electron chi connectivity index (χ2n) is 9.89. The van der Waals surface area contributed by atoms with Gasteiger partial charge in [-0.05, 0) is 81.1 Å². The number of likely N-dealkylation sites (tertiary alicyclic amines) is 1. The van der Waals surface area contributed by atoms with E-state index in [1.165, 1.54) is 10.2 Å². The van der Waals surface area contributed by atoms with Crippen LogP contribution >= 0.6 is 0 Å². The van der Waals surface area contributed by atoms with Crippen molar-refractivity contribution in [1.82, 2.24) is 19.2 Å². The predicted octanol–water partition coefficient (Wildman–Crippen LogP) is 5.17. The van der Waals surface area contributed by atoms with Crippen molar-refractivity contribution in [3.05, 3.63) is 113 Å². The Morgan fingerprint density at radius 2 is 1.51 bits per heavy atom. The molecule has 0 aliphatic carbocycles. The molecule has 1 saturated heterocycles. The van der Waals surface area contributed by atoms with Crippen molar-refractivity contribution in [1.29, 1.82) is 0 Å². The summed E-state index contributed by atoms with van der Waals surface area (Å²) in [6.07, 6.45) is 3.51. The van der Waals surface area contributed by atoms with Gasteiger partial charge in [0.15, 0.2) is 0 Å². The predicted molar refractivity (Wildman–Crippen MR) is 146 cm³/mol. The van der Waals surface area contributed by atoms with Gasteiger partial charge < -0.3 is 5.32 Å². The van der Waals surface area contributed by atoms with Gasteiger partial charge in [-0.2, -0.15) is 5.10 Å². The van der Waals surface area contributed by atoms with Crippen LogP contribution in [0.3, 0.4) is 0 Å². The number of carbonyl (C=O) groups is 1. The molecule has 0 saturated carbocycles. The molecule has 1 aliphatic heterocycles. The molecule has 7 nitrogen and oxygen atoms in total. The molecule has 1 unspecified atom stereocenters. The smallest absolute Gasteiger partial charge is 0.324 e. The number of amides is 1. The van der Waals surface area contributed by atoms with Gasteiger partial charge in [0.1, 0.15) is 12.4 Å². The molecule has 2 heterocycles. The lowest BCUT2D eigenvalue weighted by Gasteiger charge is -2.37. The molecule has 0 spiro atoms. The third kappa shape index (κ3) is 5.42. The molecule has 5 rings (SSSR count). The van der Waals surface area contributed by atoms with Crippen LogP contribution in [0.2, 0.25) is 0 Å². The van der Waals surface area contributed by atoms with Gasteiger partial charge in [-0.15, -0.1) is 0 Å². The number of rotatable bonds is 7. The quantitative estimate of drug-likeness (QED) is 0.384. The van der Waals surface area contributed by atoms with E-state index >= 15 is 0 Å². The molecule has 1 N–H and O–H groups in total. The highest BCUT2D eigenvalue weighted by Crippen LogP contribution is 2.33. The Hall–Kier alpha value is -3.97. The van der Waals surface area contributed by atoms with E-state index in [2.05, 4.69) is 27.4 Å². The van der Waals surface area contributed by atoms with E-state index in [4.69, 9.17) is 0 Å². The number of hydrogen-bond acceptors (Lipinski definition) is 4. The van der Waals surface area contributed by atoms with Crippen LogP contribution in [-0.2, 0) is 4.79 Å². The number of hydrogen-bond donors (Lipinski definition) is 1. The minimum absolute atomic E-state index is 0.00686. The van der Waals surface area contributed by atoms with Crippen molar-refractivity contribution >= 4 is 11.6 Å². The maximum Gasteiger partial charge on any atom is 0.350 e. The Morgan fingerprint density at radius 1 is 0.892 bits per heavy atom. The fraction of sp³-hybridized carbons (Fsp3) is 0.300. The summed E-state index contributed by atoms with van der Waals surface area (Å²) < 4.78 is 3.07. The number of anilines is 1. The van der Waals surface area contributed by atoms with Crippen LogP contribution in [0.4, 0.5) is 5.69 Å². The summed E-state index contributed by atoms with van der Waals surface area (Å²) in [7, 11) is 0. The normalized spacial score (nSPS) is 15.5. The lowest BCUT2D eigenvalue weighted by molar-refractivity contribution is -0.122. The van der Waals surface area contributed by atoms with E-state index in [1.54, 1.807) is 10.9 Å². The number of nitrogens with one attached hydrogen (secondary N) is 1. The van der Waals surface area contributed by atoms with Crippen molar-refractivity contribution < 1.29 is 4.79 Å². The Labute approximate surface area is 217 Å². The highest BCUT2D eigenvalue weighted by molar-refractivity contribution is 5.95. The second kappa shape index (κ2) is 11.0. The van der Waals surface area contributed by atoms with Crippen LogP contribution < -0.4 is 11.0 Å². The molecule has 1 aromatic heterocycles. The first-order chi connectivity index (χ1) is 18.0. The summed E-state index contributed by atoms with van der Waals surface area (Å²) in [5.74, 6) is 0.404. The molecular weight excluding hydrogens is 462 g/mol. The summed E-state index contributed by atoms with van der Waals surface area (Å²) >= 11 is 0. The van der Waals surface area contributed by atoms with E-state index < -0.39 is 0 Å². The average Bonchev–Trinajstić information content (AvgIpc) is 3.32. The standard InChI is InChI=1S/C30H33N5O2/c1-22(2)35-30(37)34(21-31-35)27-15-13-23(14-16-27)24-17-19-33(20-18-24)28(25-9-5-3-6-10-25)29(36)32-26-11-7-4-8-12-26/h3-16,21-22,24,28H,17-20H2,1-2H3,(H,32,36). The summed E-state index contributed by atoms with van der Waals surface area (Å²) in [5, 5.41) is 7.32. The first-order valence-corrected chi connectivity index (χ1v) is 12.9. The Kier molecular flexibility index (Phi) is 7.32. The maximum absolute atomic E-state index is 13.4. The van der Waals surface area contributed by atoms with Gasteiger partial charge in [-0.25, -0.2) is 14.0 Å². The minimum atomic E-state index is -0.339. The molecule has 3 aromatic carbocycles. The molecule has 0 bridgehead atoms. The molecule has 7 heteroatoms. The van der Waals surface area contributed by atoms with Gasteiger partial charge in [-0.1, -0.05) is 60.7 Å². The highest BCUT2D eigenvalue weighted by Gasteiger charge is 2.31. The fourth-order valence-corrected chi connectivity index (χ4v) is 5.14. The third-order valence-corrected chi connectivity index (χ3v) is 7.13. The van der Waals surface area contributed by atoms with Crippen molar-refractivity contribution in [2.75, 3.05) is 18.4 Å². The van der Waals surface area contributed by atoms with E-state index in [-0.39, 0.29) is 23.7 Å². The zero-order valence-electron chi connectivity index (χ0n) is 21.3. The molecule has 4 aromatic rings. The lowest BCUT2D eigenvalue weighted by Crippen LogP contribution is -2.41. The van der Waals surface area contributed by atoms with Gasteiger partial charge in [0.05, 0.1) is 11.7 Å². The van der Waals surface area contributed by atoms with Crippen LogP contribution in [0.25, 0.3) is 5.69 Å². The number of aromatic nitrogens is 3. The largest absolute Gasteiger partial charge is 0.350 e. The first kappa shape index (κ1) is 24.7. The summed E-state index contributed by atoms with van der Waals surface area (Å²) in [6, 6.07) is 27.6. The number of piperidine rings is 1. The molecule has 1 aliphatic rings. The van der Waals surface area contributed by atoms with Crippen molar-refractivity contribution in [2.24, 2.45) is 0 Å². The number of para-hydroxylation sites is 1. The Bertz CT molecular complexity index is 1370. The van der Waals surface area contributed by atoms with E-state index in [1.807, 2.05) is 86.6 Å². The monoisotopic (exact) mass is 495 g/mol. The number of carbonyl (C=O) groups excluding carboxylic acids is 1. The van der Waals surface area contributed by atoms with Crippen LogP contribution in [0, 0.1) is 0 Å². The fourth-order valence-electron chi connectivity index (χ4n) is 5.14. The van der Waals surface area contributed by atoms with Gasteiger partial charge in [0.2, 0.25) is 5.91 Å². The molecule has 1 amide bonds. The summed E-state index contributed by atoms with van der Waals surface area (Å²) in [4.78, 5) is 28.3. The maximum atomic E-state index is 13.4. The zero-order chi connectivity index (χ0) is 25.8. The average molecular weight is 496 g/mol. The molecule has 1 atom stereocenters. The summed E-state index contributed by atoms with van der Waals surface area (Å²) in [5.41, 5.74) is 3.77. The van der Waals surface area contributed by atoms with Crippen LogP contribution in [0.15, 0.2) is 96.1 Å². The van der Waals surface area contributed by atoms with Gasteiger partial charge in [0.25, 0.3) is 0 Å². The number of benzene rings is 3. The van der Waals surface area contributed by atoms with E-state index in [0.29, 0.717) is 5.92 Å². The topological polar surface area (TPSA) is 72.2 Å². The van der Waals surface area contributed by atoms with Crippen LogP contribution in [0.1, 0.15) is 55.8 Å². The number of nitrogens with zero attached hydrogens (tertiary/aromatic N) is 4. The van der Waals surface area contributed by atoms with Gasteiger partial charge in [-0.3, -0.25) is 9.69 Å². The SMILES string of the molecule is CC(C)n1ncn(-c2ccc(C3CCN(C(C(=O)Nc4ccccc4)c4ccccc4)CC3)cc2)c1=O. The summed E-state index contributed by atoms with van der Waals surface area (Å²) in [6.45, 7) is 5.55. The van der Waals surface area contributed by atoms with Crippen molar-refractivity contribution in [3.63, 3.8) is 0 Å². The van der Waals surface area contributed by atoms with Crippen LogP contribution in [-0.4, -0.2) is 38.2 Å². The van der Waals surface area contributed by atoms with Crippen LogP contribution in [0.5, 0.6) is 0 Å². The van der Waals surface area contributed by atoms with Gasteiger partial charge in [0, 0.05) is 5.69 Å². The first-order valence-electron chi connectivity index (χ1n) is 12.9. The van der Waals surface area contributed by atoms with Crippen molar-refractivity contribution in [2.45, 2.75) is 44.7 Å². The highest BCUT2D eigenvalue weighted by atomic mass is 16.2. The van der Waals surface area contributed by atoms with Gasteiger partial charge >= 0.3 is 5.69 Å². The molecular formula is C30H33N5O2. The molecule has 1 fully saturated rings. The van der Waals surface area contributed by atoms with E-state index in [9.17, 15) is 9.59 Å². The third-order valence-electron chi connectivity index (χ3n) is 7.13. The molecule has 0 radical (unpaired) electrons. The minimum Gasteiger partial charge on any atom is -0.324 e. The van der Waals surface area contributed by atoms with E-state index in [0.717, 1.165) is 42.9 Å². The lowest BCUT2D eigenvalue weighted by atomic mass is 9.88. The molecule has 190 valence electrons. The van der Waals surface area contributed by atoms with Crippen molar-refractivity contribution in [3.8, 4) is 5.69 Å². The second-order valence-corrected chi connectivity index (χ2v) is 9.89.